The number of aromatic hydroxyl groups is 1. The number of aryl methyl sites for hydroxylation is 1. The van der Waals surface area contributed by atoms with E-state index in [1.165, 1.54) is 12.1 Å². The van der Waals surface area contributed by atoms with Crippen LogP contribution in [0.1, 0.15) is 30.9 Å². The molecule has 1 heterocycles. The number of ether oxygens (including phenoxy) is 2. The number of alkyl carbamates (subject to hydrolysis) is 1. The predicted molar refractivity (Wildman–Crippen MR) is 130 cm³/mol. The fraction of sp³-hybridized carbons (Fsp3) is 0.222. The summed E-state index contributed by atoms with van der Waals surface area (Å²) in [5.74, 6) is -1.12. The molecule has 3 aromatic carbocycles. The summed E-state index contributed by atoms with van der Waals surface area (Å²) in [6.07, 6.45) is 0.165. The molecule has 8 nitrogen and oxygen atoms in total. The molecule has 1 atom stereocenters. The van der Waals surface area contributed by atoms with Crippen molar-refractivity contribution < 1.29 is 28.6 Å². The first kappa shape index (κ1) is 23.8. The molecule has 4 rings (SSSR count). The summed E-state index contributed by atoms with van der Waals surface area (Å²) in [6.45, 7) is 3.73. The van der Waals surface area contributed by atoms with Crippen LogP contribution < -0.4 is 15.5 Å². The fourth-order valence-electron chi connectivity index (χ4n) is 3.79. The van der Waals surface area contributed by atoms with Crippen LogP contribution in [0.5, 0.6) is 11.5 Å². The SMILES string of the molecule is CCC[C@H](NC(=O)OCc1ccccc1)C(=O)Oc1cc(O)c2c(=O)c3cccc(C)c3oc2c1. The number of fused-ring (bicyclic) bond motifs is 2. The lowest BCUT2D eigenvalue weighted by molar-refractivity contribution is -0.136. The van der Waals surface area contributed by atoms with Crippen LogP contribution in [0.2, 0.25) is 0 Å². The minimum atomic E-state index is -0.966. The highest BCUT2D eigenvalue weighted by atomic mass is 16.6. The maximum Gasteiger partial charge on any atom is 0.408 e. The first-order valence-corrected chi connectivity index (χ1v) is 11.3. The van der Waals surface area contributed by atoms with Gasteiger partial charge in [0.25, 0.3) is 0 Å². The van der Waals surface area contributed by atoms with Gasteiger partial charge < -0.3 is 24.3 Å². The van der Waals surface area contributed by atoms with Gasteiger partial charge in [-0.15, -0.1) is 0 Å². The predicted octanol–water partition coefficient (Wildman–Crippen LogP) is 4.96. The van der Waals surface area contributed by atoms with E-state index >= 15 is 0 Å². The second-order valence-corrected chi connectivity index (χ2v) is 8.17. The third-order valence-corrected chi connectivity index (χ3v) is 5.54. The maximum absolute atomic E-state index is 12.9. The van der Waals surface area contributed by atoms with Crippen molar-refractivity contribution in [1.82, 2.24) is 5.32 Å². The number of carbonyl (C=O) groups is 2. The van der Waals surface area contributed by atoms with E-state index in [9.17, 15) is 19.5 Å². The van der Waals surface area contributed by atoms with Crippen LogP contribution in [0.25, 0.3) is 21.9 Å². The molecule has 0 spiro atoms. The van der Waals surface area contributed by atoms with Gasteiger partial charge in [0.05, 0.1) is 5.39 Å². The number of para-hydroxylation sites is 1. The van der Waals surface area contributed by atoms with E-state index in [1.54, 1.807) is 25.1 Å². The number of rotatable bonds is 7. The number of phenols is 1. The lowest BCUT2D eigenvalue weighted by Crippen LogP contribution is -2.43. The van der Waals surface area contributed by atoms with Crippen LogP contribution in [-0.2, 0) is 16.1 Å². The van der Waals surface area contributed by atoms with Gasteiger partial charge in [0.1, 0.15) is 40.7 Å². The third-order valence-electron chi connectivity index (χ3n) is 5.54. The molecule has 4 aromatic rings. The van der Waals surface area contributed by atoms with Crippen molar-refractivity contribution in [3.05, 3.63) is 82.0 Å². The zero-order valence-electron chi connectivity index (χ0n) is 19.4. The molecule has 0 aliphatic rings. The van der Waals surface area contributed by atoms with E-state index in [2.05, 4.69) is 5.32 Å². The molecular formula is C27H25NO7. The topological polar surface area (TPSA) is 115 Å². The van der Waals surface area contributed by atoms with Crippen LogP contribution in [0.3, 0.4) is 0 Å². The smallest absolute Gasteiger partial charge is 0.408 e. The van der Waals surface area contributed by atoms with Crippen LogP contribution in [0, 0.1) is 6.92 Å². The van der Waals surface area contributed by atoms with E-state index < -0.39 is 18.1 Å². The normalized spacial score (nSPS) is 11.8. The molecule has 180 valence electrons. The number of esters is 1. The molecule has 0 saturated heterocycles. The van der Waals surface area contributed by atoms with Crippen molar-refractivity contribution in [3.63, 3.8) is 0 Å². The van der Waals surface area contributed by atoms with Gasteiger partial charge in [0.2, 0.25) is 5.43 Å². The molecule has 1 aromatic heterocycles. The number of amides is 1. The minimum Gasteiger partial charge on any atom is -0.507 e. The quantitative estimate of drug-likeness (QED) is 0.220. The molecule has 0 fully saturated rings. The van der Waals surface area contributed by atoms with E-state index in [0.29, 0.717) is 23.8 Å². The summed E-state index contributed by atoms with van der Waals surface area (Å²) in [5, 5.41) is 13.4. The molecule has 0 radical (unpaired) electrons. The number of carbonyl (C=O) groups excluding carboxylic acids is 2. The number of phenolic OH excluding ortho intramolecular Hbond substituents is 1. The molecule has 0 saturated carbocycles. The number of hydrogen-bond donors (Lipinski definition) is 2. The van der Waals surface area contributed by atoms with E-state index in [1.807, 2.05) is 37.3 Å². The lowest BCUT2D eigenvalue weighted by atomic mass is 10.1. The van der Waals surface area contributed by atoms with Crippen molar-refractivity contribution in [2.24, 2.45) is 0 Å². The van der Waals surface area contributed by atoms with Crippen molar-refractivity contribution >= 4 is 34.0 Å². The summed E-state index contributed by atoms with van der Waals surface area (Å²) < 4.78 is 16.5. The third kappa shape index (κ3) is 5.27. The molecule has 0 unspecified atom stereocenters. The lowest BCUT2D eigenvalue weighted by Gasteiger charge is -2.17. The molecular weight excluding hydrogens is 450 g/mol. The Bertz CT molecular complexity index is 1440. The van der Waals surface area contributed by atoms with Crippen molar-refractivity contribution in [1.29, 1.82) is 0 Å². The zero-order chi connectivity index (χ0) is 24.9. The summed E-state index contributed by atoms with van der Waals surface area (Å²) in [7, 11) is 0. The zero-order valence-corrected chi connectivity index (χ0v) is 19.4. The Morgan fingerprint density at radius 2 is 1.86 bits per heavy atom. The Morgan fingerprint density at radius 1 is 1.09 bits per heavy atom. The van der Waals surface area contributed by atoms with Gasteiger partial charge in [-0.3, -0.25) is 4.79 Å². The van der Waals surface area contributed by atoms with Crippen LogP contribution >= 0.6 is 0 Å². The average molecular weight is 475 g/mol. The average Bonchev–Trinajstić information content (AvgIpc) is 2.83. The van der Waals surface area contributed by atoms with E-state index in [4.69, 9.17) is 13.9 Å². The number of benzene rings is 3. The van der Waals surface area contributed by atoms with Crippen LogP contribution in [0.4, 0.5) is 4.79 Å². The van der Waals surface area contributed by atoms with Gasteiger partial charge in [-0.25, -0.2) is 9.59 Å². The number of hydrogen-bond acceptors (Lipinski definition) is 7. The highest BCUT2D eigenvalue weighted by Gasteiger charge is 2.24. The molecule has 0 bridgehead atoms. The summed E-state index contributed by atoms with van der Waals surface area (Å²) in [4.78, 5) is 38.0. The standard InChI is InChI=1S/C27H25NO7/c1-3-8-20(28-27(32)33-15-17-10-5-4-6-11-17)26(31)34-18-13-21(29)23-22(14-18)35-25-16(2)9-7-12-19(25)24(23)30/h4-7,9-14,20,29H,3,8,15H2,1-2H3,(H,28,32)/t20-/m0/s1. The molecule has 35 heavy (non-hydrogen) atoms. The second-order valence-electron chi connectivity index (χ2n) is 8.17. The maximum atomic E-state index is 12.9. The van der Waals surface area contributed by atoms with E-state index in [-0.39, 0.29) is 34.5 Å². The van der Waals surface area contributed by atoms with Gasteiger partial charge in [0.15, 0.2) is 0 Å². The first-order valence-electron chi connectivity index (χ1n) is 11.3. The fourth-order valence-corrected chi connectivity index (χ4v) is 3.79. The highest BCUT2D eigenvalue weighted by Crippen LogP contribution is 2.31. The van der Waals surface area contributed by atoms with Gasteiger partial charge in [0, 0.05) is 12.1 Å². The Balaban J connectivity index is 1.53. The van der Waals surface area contributed by atoms with Crippen molar-refractivity contribution in [3.8, 4) is 11.5 Å². The number of nitrogens with one attached hydrogen (secondary N) is 1. The Kier molecular flexibility index (Phi) is 7.01. The van der Waals surface area contributed by atoms with Gasteiger partial charge in [-0.05, 0) is 30.5 Å². The molecule has 0 aliphatic carbocycles. The summed E-state index contributed by atoms with van der Waals surface area (Å²) >= 11 is 0. The van der Waals surface area contributed by atoms with Gasteiger partial charge >= 0.3 is 12.1 Å². The van der Waals surface area contributed by atoms with Crippen LogP contribution in [0.15, 0.2) is 69.9 Å². The minimum absolute atomic E-state index is 0.00405. The molecule has 2 N–H and O–H groups in total. The van der Waals surface area contributed by atoms with Crippen molar-refractivity contribution in [2.75, 3.05) is 0 Å². The molecule has 0 aliphatic heterocycles. The first-order chi connectivity index (χ1) is 16.9. The largest absolute Gasteiger partial charge is 0.507 e. The summed E-state index contributed by atoms with van der Waals surface area (Å²) in [6, 6.07) is 15.9. The molecule has 1 amide bonds. The van der Waals surface area contributed by atoms with Gasteiger partial charge in [-0.2, -0.15) is 0 Å². The van der Waals surface area contributed by atoms with Gasteiger partial charge in [-0.1, -0.05) is 55.8 Å². The molecule has 8 heteroatoms. The second kappa shape index (κ2) is 10.3. The summed E-state index contributed by atoms with van der Waals surface area (Å²) in [5.41, 5.74) is 1.66. The van der Waals surface area contributed by atoms with Crippen LogP contribution in [-0.4, -0.2) is 23.2 Å². The monoisotopic (exact) mass is 475 g/mol. The Morgan fingerprint density at radius 3 is 2.60 bits per heavy atom. The van der Waals surface area contributed by atoms with E-state index in [0.717, 1.165) is 11.1 Å². The Hall–Kier alpha value is -4.33. The van der Waals surface area contributed by atoms with Crippen molar-refractivity contribution in [2.45, 2.75) is 39.3 Å². The highest BCUT2D eigenvalue weighted by molar-refractivity contribution is 5.95. The Labute approximate surface area is 201 Å².